The van der Waals surface area contributed by atoms with Crippen LogP contribution in [0.3, 0.4) is 0 Å². The van der Waals surface area contributed by atoms with E-state index in [1.807, 2.05) is 43.8 Å². The van der Waals surface area contributed by atoms with Gasteiger partial charge in [0.2, 0.25) is 0 Å². The number of hydrogen-bond donors (Lipinski definition) is 0. The van der Waals surface area contributed by atoms with Crippen LogP contribution in [0.4, 0.5) is 0 Å². The molecule has 0 N–H and O–H groups in total. The van der Waals surface area contributed by atoms with E-state index in [1.54, 1.807) is 0 Å². The van der Waals surface area contributed by atoms with Crippen LogP contribution in [0.2, 0.25) is 0 Å². The summed E-state index contributed by atoms with van der Waals surface area (Å²) in [5, 5.41) is 4.43. The molecular formula is C13H19N3O. The molecule has 0 bridgehead atoms. The lowest BCUT2D eigenvalue weighted by Crippen LogP contribution is -2.08. The van der Waals surface area contributed by atoms with Crippen molar-refractivity contribution in [3.63, 3.8) is 0 Å². The molecule has 0 spiro atoms. The maximum Gasteiger partial charge on any atom is 0.165 e. The first-order valence-corrected chi connectivity index (χ1v) is 5.95. The molecular weight excluding hydrogens is 214 g/mol. The van der Waals surface area contributed by atoms with Gasteiger partial charge in [0, 0.05) is 50.6 Å². The minimum absolute atomic E-state index is 0.230. The van der Waals surface area contributed by atoms with E-state index in [0.717, 1.165) is 29.7 Å². The van der Waals surface area contributed by atoms with Crippen LogP contribution in [0.15, 0.2) is 6.20 Å². The third-order valence-electron chi connectivity index (χ3n) is 3.12. The van der Waals surface area contributed by atoms with E-state index in [4.69, 9.17) is 0 Å². The molecule has 0 saturated heterocycles. The Hall–Kier alpha value is -1.58. The molecule has 0 aliphatic heterocycles. The number of carbonyl (C=O) groups is 1. The lowest BCUT2D eigenvalue weighted by atomic mass is 10.0. The molecule has 0 radical (unpaired) electrons. The predicted molar refractivity (Wildman–Crippen MR) is 67.6 cm³/mol. The van der Waals surface area contributed by atoms with Gasteiger partial charge in [0.05, 0.1) is 5.69 Å². The molecule has 4 heteroatoms. The number of fused-ring (bicyclic) bond motifs is 1. The highest BCUT2D eigenvalue weighted by Crippen LogP contribution is 2.29. The van der Waals surface area contributed by atoms with Crippen molar-refractivity contribution < 1.29 is 4.79 Å². The largest absolute Gasteiger partial charge is 0.383 e. The van der Waals surface area contributed by atoms with Gasteiger partial charge >= 0.3 is 0 Å². The third kappa shape index (κ3) is 2.12. The molecule has 0 unspecified atom stereocenters. The lowest BCUT2D eigenvalue weighted by Gasteiger charge is -2.10. The van der Waals surface area contributed by atoms with Gasteiger partial charge in [-0.2, -0.15) is 5.10 Å². The number of aromatic nitrogens is 2. The fourth-order valence-corrected chi connectivity index (χ4v) is 2.43. The van der Waals surface area contributed by atoms with Crippen molar-refractivity contribution >= 4 is 11.4 Å². The summed E-state index contributed by atoms with van der Waals surface area (Å²) in [5.74, 6) is 0.230. The molecule has 0 fully saturated rings. The maximum absolute atomic E-state index is 12.1. The molecule has 92 valence electrons. The second-order valence-corrected chi connectivity index (χ2v) is 4.81. The zero-order chi connectivity index (χ0) is 12.6. The molecule has 4 nitrogen and oxygen atoms in total. The van der Waals surface area contributed by atoms with Crippen LogP contribution < -0.4 is 0 Å². The number of aryl methyl sites for hydroxylation is 2. The minimum Gasteiger partial charge on any atom is -0.383 e. The van der Waals surface area contributed by atoms with Gasteiger partial charge in [-0.25, -0.2) is 0 Å². The van der Waals surface area contributed by atoms with Gasteiger partial charge in [-0.15, -0.1) is 0 Å². The van der Waals surface area contributed by atoms with Crippen LogP contribution in [0.25, 0.3) is 5.57 Å². The highest BCUT2D eigenvalue weighted by atomic mass is 16.1. The van der Waals surface area contributed by atoms with E-state index in [2.05, 4.69) is 5.10 Å². The summed E-state index contributed by atoms with van der Waals surface area (Å²) in [6.45, 7) is 1.97. The zero-order valence-corrected chi connectivity index (χ0v) is 10.9. The second-order valence-electron chi connectivity index (χ2n) is 4.81. The Bertz CT molecular complexity index is 483. The van der Waals surface area contributed by atoms with Crippen molar-refractivity contribution in [2.45, 2.75) is 26.2 Å². The van der Waals surface area contributed by atoms with Crippen molar-refractivity contribution in [1.82, 2.24) is 14.7 Å². The summed E-state index contributed by atoms with van der Waals surface area (Å²) in [5.41, 5.74) is 3.99. The summed E-state index contributed by atoms with van der Waals surface area (Å²) in [6.07, 6.45) is 4.40. The molecule has 1 aliphatic carbocycles. The van der Waals surface area contributed by atoms with Crippen LogP contribution in [0.1, 0.15) is 29.8 Å². The number of carbonyl (C=O) groups excluding carboxylic acids is 1. The van der Waals surface area contributed by atoms with Gasteiger partial charge in [-0.3, -0.25) is 9.48 Å². The van der Waals surface area contributed by atoms with Crippen LogP contribution in [-0.2, 0) is 18.3 Å². The third-order valence-corrected chi connectivity index (χ3v) is 3.12. The standard InChI is InChI=1S/C13H19N3O/c1-9-13-10(8-15(2)3)12(17)7-5-6-11(13)16(4)14-9/h8H,5-7H2,1-4H3. The molecule has 0 atom stereocenters. The SMILES string of the molecule is Cc1nn(C)c2c1C(=CN(C)C)C(=O)CCC2. The molecule has 1 aliphatic rings. The van der Waals surface area contributed by atoms with Crippen molar-refractivity contribution in [3.8, 4) is 0 Å². The average molecular weight is 233 g/mol. The first-order chi connectivity index (χ1) is 8.00. The van der Waals surface area contributed by atoms with Crippen molar-refractivity contribution in [1.29, 1.82) is 0 Å². The van der Waals surface area contributed by atoms with Crippen molar-refractivity contribution in [2.24, 2.45) is 7.05 Å². The summed E-state index contributed by atoms with van der Waals surface area (Å²) in [6, 6.07) is 0. The maximum atomic E-state index is 12.1. The first kappa shape index (κ1) is 11.9. The Labute approximate surface area is 102 Å². The van der Waals surface area contributed by atoms with Crippen LogP contribution >= 0.6 is 0 Å². The number of ketones is 1. The molecule has 1 aromatic heterocycles. The molecule has 0 aromatic carbocycles. The second kappa shape index (κ2) is 4.35. The molecule has 2 rings (SSSR count). The summed E-state index contributed by atoms with van der Waals surface area (Å²) in [4.78, 5) is 14.1. The first-order valence-electron chi connectivity index (χ1n) is 5.95. The molecule has 17 heavy (non-hydrogen) atoms. The van der Waals surface area contributed by atoms with E-state index in [9.17, 15) is 4.79 Å². The van der Waals surface area contributed by atoms with E-state index in [1.165, 1.54) is 5.69 Å². The van der Waals surface area contributed by atoms with Gasteiger partial charge in [0.15, 0.2) is 5.78 Å². The molecule has 0 amide bonds. The fraction of sp³-hybridized carbons (Fsp3) is 0.538. The topological polar surface area (TPSA) is 38.1 Å². The van der Waals surface area contributed by atoms with E-state index >= 15 is 0 Å². The van der Waals surface area contributed by atoms with Gasteiger partial charge in [-0.1, -0.05) is 0 Å². The lowest BCUT2D eigenvalue weighted by molar-refractivity contribution is -0.113. The Morgan fingerprint density at radius 3 is 2.71 bits per heavy atom. The molecule has 1 heterocycles. The van der Waals surface area contributed by atoms with Crippen LogP contribution in [0.5, 0.6) is 0 Å². The Balaban J connectivity index is 2.62. The number of Topliss-reactive ketones (excluding diaryl/α,β-unsaturated/α-hetero) is 1. The van der Waals surface area contributed by atoms with Crippen LogP contribution in [0, 0.1) is 6.92 Å². The Morgan fingerprint density at radius 2 is 2.06 bits per heavy atom. The van der Waals surface area contributed by atoms with Gasteiger partial charge in [0.1, 0.15) is 0 Å². The summed E-state index contributed by atoms with van der Waals surface area (Å²) >= 11 is 0. The number of hydrogen-bond acceptors (Lipinski definition) is 3. The van der Waals surface area contributed by atoms with Crippen molar-refractivity contribution in [3.05, 3.63) is 23.2 Å². The molecule has 0 saturated carbocycles. The number of allylic oxidation sites excluding steroid dienone is 1. The monoisotopic (exact) mass is 233 g/mol. The van der Waals surface area contributed by atoms with Gasteiger partial charge in [0.25, 0.3) is 0 Å². The highest BCUT2D eigenvalue weighted by molar-refractivity contribution is 6.21. The normalized spacial score (nSPS) is 18.1. The minimum atomic E-state index is 0.230. The smallest absolute Gasteiger partial charge is 0.165 e. The summed E-state index contributed by atoms with van der Waals surface area (Å²) < 4.78 is 1.91. The zero-order valence-electron chi connectivity index (χ0n) is 10.9. The van der Waals surface area contributed by atoms with Crippen LogP contribution in [-0.4, -0.2) is 34.6 Å². The molecule has 1 aromatic rings. The Morgan fingerprint density at radius 1 is 1.35 bits per heavy atom. The van der Waals surface area contributed by atoms with Gasteiger partial charge in [-0.05, 0) is 19.8 Å². The van der Waals surface area contributed by atoms with E-state index < -0.39 is 0 Å². The van der Waals surface area contributed by atoms with Crippen molar-refractivity contribution in [2.75, 3.05) is 14.1 Å². The van der Waals surface area contributed by atoms with E-state index in [0.29, 0.717) is 6.42 Å². The van der Waals surface area contributed by atoms with Gasteiger partial charge < -0.3 is 4.90 Å². The highest BCUT2D eigenvalue weighted by Gasteiger charge is 2.25. The fourth-order valence-electron chi connectivity index (χ4n) is 2.43. The Kier molecular flexibility index (Phi) is 3.05. The quantitative estimate of drug-likeness (QED) is 0.545. The number of rotatable bonds is 1. The summed E-state index contributed by atoms with van der Waals surface area (Å²) in [7, 11) is 5.84. The van der Waals surface area contributed by atoms with E-state index in [-0.39, 0.29) is 5.78 Å². The predicted octanol–water partition coefficient (Wildman–Crippen LogP) is 1.54. The average Bonchev–Trinajstić information content (AvgIpc) is 2.41. The number of nitrogens with zero attached hydrogens (tertiary/aromatic N) is 3.